The first kappa shape index (κ1) is 12.1. The average Bonchev–Trinajstić information content (AvgIpc) is 1.72. The molecule has 0 N–H and O–H groups in total. The van der Waals surface area contributed by atoms with Crippen LogP contribution in [0.2, 0.25) is 0 Å². The van der Waals surface area contributed by atoms with Crippen molar-refractivity contribution in [3.8, 4) is 0 Å². The molecule has 0 saturated carbocycles. The minimum Gasteiger partial charge on any atom is -0.304 e. The normalized spacial score (nSPS) is 9.00. The van der Waals surface area contributed by atoms with Crippen molar-refractivity contribution in [3.05, 3.63) is 0 Å². The van der Waals surface area contributed by atoms with Gasteiger partial charge in [0.25, 0.3) is 0 Å². The maximum atomic E-state index is 2.38. The van der Waals surface area contributed by atoms with Gasteiger partial charge in [0.2, 0.25) is 0 Å². The van der Waals surface area contributed by atoms with E-state index < -0.39 is 0 Å². The fraction of sp³-hybridized carbons (Fsp3) is 1.00. The van der Waals surface area contributed by atoms with Gasteiger partial charge in [-0.1, -0.05) is 20.8 Å². The van der Waals surface area contributed by atoms with Crippen molar-refractivity contribution < 1.29 is 44.1 Å². The monoisotopic (exact) mass is 328 g/mol. The topological polar surface area (TPSA) is 3.24 Å². The van der Waals surface area contributed by atoms with Crippen LogP contribution in [0.1, 0.15) is 20.8 Å². The Hall–Kier alpha value is 1.40. The molecule has 0 rings (SSSR count). The Labute approximate surface area is 88.4 Å². The second kappa shape index (κ2) is 8.40. The minimum absolute atomic E-state index is 0. The molecule has 1 nitrogen and oxygen atoms in total. The summed E-state index contributed by atoms with van der Waals surface area (Å²) in [5.41, 5.74) is 0. The maximum Gasteiger partial charge on any atom is 0 e. The second-order valence-electron chi connectivity index (χ2n) is 1.62. The van der Waals surface area contributed by atoms with Gasteiger partial charge in [0, 0.05) is 44.1 Å². The molecule has 0 spiro atoms. The Kier molecular flexibility index (Phi) is 12.7. The summed E-state index contributed by atoms with van der Waals surface area (Å²) in [6.45, 7) is 10.1. The summed E-state index contributed by atoms with van der Waals surface area (Å²) in [6, 6.07) is 0. The first-order valence-electron chi connectivity index (χ1n) is 3.07. The summed E-state index contributed by atoms with van der Waals surface area (Å²) in [7, 11) is 0. The number of rotatable bonds is 3. The summed E-state index contributed by atoms with van der Waals surface area (Å²) in [5.74, 6) is 0. The van der Waals surface area contributed by atoms with Gasteiger partial charge in [-0.25, -0.2) is 0 Å². The Morgan fingerprint density at radius 2 is 1.12 bits per heavy atom. The Morgan fingerprint density at radius 1 is 0.875 bits per heavy atom. The summed E-state index contributed by atoms with van der Waals surface area (Å²) >= 11 is 0. The molecule has 0 aliphatic carbocycles. The summed E-state index contributed by atoms with van der Waals surface area (Å²) in [5, 5.41) is 0. The van der Waals surface area contributed by atoms with Crippen molar-refractivity contribution in [3.63, 3.8) is 0 Å². The molecule has 0 aromatic heterocycles. The molecule has 0 bridgehead atoms. The van der Waals surface area contributed by atoms with Crippen molar-refractivity contribution >= 4 is 0 Å². The van der Waals surface area contributed by atoms with Gasteiger partial charge in [0.15, 0.2) is 0 Å². The van der Waals surface area contributed by atoms with Crippen molar-refractivity contribution in [1.82, 2.24) is 4.90 Å². The van der Waals surface area contributed by atoms with Crippen molar-refractivity contribution in [2.24, 2.45) is 0 Å². The molecular formula is C6H15AcN. The van der Waals surface area contributed by atoms with Crippen LogP contribution >= 0.6 is 0 Å². The van der Waals surface area contributed by atoms with Gasteiger partial charge in [-0.2, -0.15) is 0 Å². The van der Waals surface area contributed by atoms with Gasteiger partial charge in [-0.05, 0) is 19.6 Å². The molecule has 8 heavy (non-hydrogen) atoms. The molecule has 0 atom stereocenters. The van der Waals surface area contributed by atoms with Crippen LogP contribution in [0.4, 0.5) is 0 Å². The van der Waals surface area contributed by atoms with E-state index >= 15 is 0 Å². The average molecular weight is 328 g/mol. The van der Waals surface area contributed by atoms with Gasteiger partial charge < -0.3 is 4.90 Å². The predicted octanol–water partition coefficient (Wildman–Crippen LogP) is 1.35. The van der Waals surface area contributed by atoms with Crippen LogP contribution in [-0.4, -0.2) is 24.5 Å². The molecule has 0 aliphatic rings. The van der Waals surface area contributed by atoms with Gasteiger partial charge >= 0.3 is 0 Å². The molecule has 0 unspecified atom stereocenters. The Bertz CT molecular complexity index is 30.0. The van der Waals surface area contributed by atoms with Crippen molar-refractivity contribution in [2.45, 2.75) is 20.8 Å². The van der Waals surface area contributed by atoms with E-state index in [1.54, 1.807) is 0 Å². The van der Waals surface area contributed by atoms with Crippen LogP contribution < -0.4 is 0 Å². The van der Waals surface area contributed by atoms with E-state index in [1.165, 1.54) is 19.6 Å². The van der Waals surface area contributed by atoms with Crippen LogP contribution in [0, 0.1) is 44.1 Å². The Balaban J connectivity index is 0. The van der Waals surface area contributed by atoms with Crippen molar-refractivity contribution in [1.29, 1.82) is 0 Å². The van der Waals surface area contributed by atoms with Crippen LogP contribution in [0.3, 0.4) is 0 Å². The van der Waals surface area contributed by atoms with E-state index in [0.29, 0.717) is 0 Å². The molecule has 0 saturated heterocycles. The van der Waals surface area contributed by atoms with Gasteiger partial charge in [-0.3, -0.25) is 0 Å². The summed E-state index contributed by atoms with van der Waals surface area (Å²) in [6.07, 6.45) is 0. The fourth-order valence-corrected chi connectivity index (χ4v) is 0.671. The van der Waals surface area contributed by atoms with E-state index in [1.807, 2.05) is 0 Å². The number of nitrogens with zero attached hydrogens (tertiary/aromatic N) is 1. The predicted molar refractivity (Wildman–Crippen MR) is 33.5 cm³/mol. The third kappa shape index (κ3) is 5.54. The van der Waals surface area contributed by atoms with Crippen molar-refractivity contribution in [2.75, 3.05) is 19.6 Å². The van der Waals surface area contributed by atoms with Crippen LogP contribution in [0.25, 0.3) is 0 Å². The number of hydrogen-bond donors (Lipinski definition) is 0. The van der Waals surface area contributed by atoms with E-state index in [2.05, 4.69) is 25.7 Å². The third-order valence-electron chi connectivity index (χ3n) is 1.34. The van der Waals surface area contributed by atoms with Crippen LogP contribution in [-0.2, 0) is 0 Å². The number of hydrogen-bond acceptors (Lipinski definition) is 1. The zero-order valence-corrected chi connectivity index (χ0v) is 10.9. The van der Waals surface area contributed by atoms with Crippen LogP contribution in [0.15, 0.2) is 0 Å². The van der Waals surface area contributed by atoms with Gasteiger partial charge in [0.05, 0.1) is 0 Å². The van der Waals surface area contributed by atoms with Crippen LogP contribution in [0.5, 0.6) is 0 Å². The Morgan fingerprint density at radius 3 is 1.12 bits per heavy atom. The quantitative estimate of drug-likeness (QED) is 0.756. The first-order chi connectivity index (χ1) is 3.35. The molecule has 2 heteroatoms. The molecule has 47 valence electrons. The maximum absolute atomic E-state index is 2.38. The largest absolute Gasteiger partial charge is 0.304 e. The van der Waals surface area contributed by atoms with E-state index in [9.17, 15) is 0 Å². The molecule has 0 aromatic carbocycles. The molecule has 0 amide bonds. The minimum atomic E-state index is 0. The zero-order valence-electron chi connectivity index (χ0n) is 6.15. The second-order valence-corrected chi connectivity index (χ2v) is 1.62. The van der Waals surface area contributed by atoms with E-state index in [4.69, 9.17) is 0 Å². The molecule has 0 heterocycles. The first-order valence-corrected chi connectivity index (χ1v) is 3.07. The molecule has 0 fully saturated rings. The SMILES string of the molecule is CCN(CC)CC.[Ac]. The summed E-state index contributed by atoms with van der Waals surface area (Å²) in [4.78, 5) is 2.38. The molecular weight excluding hydrogens is 313 g/mol. The standard InChI is InChI=1S/C6H15N.Ac/c1-4-7(5-2)6-3;/h4-6H2,1-3H3;. The molecule has 0 aliphatic heterocycles. The van der Waals surface area contributed by atoms with Gasteiger partial charge in [-0.15, -0.1) is 0 Å². The smallest absolute Gasteiger partial charge is 0 e. The van der Waals surface area contributed by atoms with E-state index in [-0.39, 0.29) is 44.1 Å². The fourth-order valence-electron chi connectivity index (χ4n) is 0.671. The zero-order chi connectivity index (χ0) is 5.70. The van der Waals surface area contributed by atoms with Gasteiger partial charge in [0.1, 0.15) is 0 Å². The third-order valence-corrected chi connectivity index (χ3v) is 1.34. The molecule has 1 radical (unpaired) electrons. The molecule has 0 aromatic rings. The summed E-state index contributed by atoms with van der Waals surface area (Å²) < 4.78 is 0. The van der Waals surface area contributed by atoms with E-state index in [0.717, 1.165) is 0 Å².